The summed E-state index contributed by atoms with van der Waals surface area (Å²) >= 11 is 5.95. The summed E-state index contributed by atoms with van der Waals surface area (Å²) in [5.74, 6) is 2.07. The lowest BCUT2D eigenvalue weighted by Gasteiger charge is -2.25. The summed E-state index contributed by atoms with van der Waals surface area (Å²) in [5, 5.41) is 4.18. The molecule has 24 heavy (non-hydrogen) atoms. The van der Waals surface area contributed by atoms with Crippen LogP contribution in [-0.4, -0.2) is 17.6 Å². The number of benzene rings is 1. The molecule has 3 heterocycles. The van der Waals surface area contributed by atoms with E-state index in [1.54, 1.807) is 6.20 Å². The molecule has 2 aliphatic heterocycles. The number of halogens is 1. The van der Waals surface area contributed by atoms with E-state index in [4.69, 9.17) is 21.1 Å². The van der Waals surface area contributed by atoms with E-state index in [-0.39, 0.29) is 0 Å². The van der Waals surface area contributed by atoms with E-state index in [1.165, 1.54) is 12.0 Å². The highest BCUT2D eigenvalue weighted by Gasteiger charge is 2.49. The fraction of sp³-hybridized carbons (Fsp3) is 0.421. The number of para-hydroxylation sites is 1. The van der Waals surface area contributed by atoms with Gasteiger partial charge in [0.2, 0.25) is 0 Å². The Labute approximate surface area is 146 Å². The summed E-state index contributed by atoms with van der Waals surface area (Å²) in [4.78, 5) is 4.39. The van der Waals surface area contributed by atoms with Crippen molar-refractivity contribution < 1.29 is 9.47 Å². The Morgan fingerprint density at radius 3 is 3.00 bits per heavy atom. The van der Waals surface area contributed by atoms with Gasteiger partial charge in [0.15, 0.2) is 11.5 Å². The predicted molar refractivity (Wildman–Crippen MR) is 91.6 cm³/mol. The number of fused-ring (bicyclic) bond motifs is 2. The van der Waals surface area contributed by atoms with Crippen LogP contribution in [-0.2, 0) is 5.79 Å². The zero-order valence-electron chi connectivity index (χ0n) is 13.5. The van der Waals surface area contributed by atoms with Crippen molar-refractivity contribution >= 4 is 11.6 Å². The minimum atomic E-state index is -0.904. The van der Waals surface area contributed by atoms with Gasteiger partial charge in [0.25, 0.3) is 5.79 Å². The van der Waals surface area contributed by atoms with Crippen LogP contribution >= 0.6 is 11.6 Å². The summed E-state index contributed by atoms with van der Waals surface area (Å²) in [6, 6.07) is 10.6. The first-order valence-electron chi connectivity index (χ1n) is 8.50. The van der Waals surface area contributed by atoms with Gasteiger partial charge in [0.1, 0.15) is 5.69 Å². The van der Waals surface area contributed by atoms with E-state index in [0.29, 0.717) is 17.0 Å². The molecule has 3 aliphatic rings. The minimum Gasteiger partial charge on any atom is -0.443 e. The molecule has 1 N–H and O–H groups in total. The Morgan fingerprint density at radius 1 is 1.25 bits per heavy atom. The van der Waals surface area contributed by atoms with Crippen LogP contribution in [0.3, 0.4) is 0 Å². The van der Waals surface area contributed by atoms with E-state index in [9.17, 15) is 0 Å². The second kappa shape index (κ2) is 5.11. The maximum atomic E-state index is 6.32. The first kappa shape index (κ1) is 14.6. The third kappa shape index (κ3) is 2.20. The van der Waals surface area contributed by atoms with E-state index in [0.717, 1.165) is 36.1 Å². The van der Waals surface area contributed by atoms with Crippen LogP contribution in [0.1, 0.15) is 36.9 Å². The van der Waals surface area contributed by atoms with Crippen LogP contribution in [0.4, 0.5) is 0 Å². The van der Waals surface area contributed by atoms with E-state index in [2.05, 4.69) is 22.4 Å². The van der Waals surface area contributed by atoms with Crippen molar-refractivity contribution in [2.45, 2.75) is 37.5 Å². The minimum absolute atomic E-state index is 0.551. The molecule has 0 spiro atoms. The summed E-state index contributed by atoms with van der Waals surface area (Å²) < 4.78 is 12.5. The molecule has 4 nitrogen and oxygen atoms in total. The molecule has 4 atom stereocenters. The number of rotatable bonds is 2. The molecule has 0 unspecified atom stereocenters. The first-order chi connectivity index (χ1) is 11.6. The molecular formula is C19H19ClN2O2. The lowest BCUT2D eigenvalue weighted by Crippen LogP contribution is -2.33. The van der Waals surface area contributed by atoms with Crippen molar-refractivity contribution in [1.82, 2.24) is 10.3 Å². The number of hydrogen-bond donors (Lipinski definition) is 1. The molecule has 1 saturated heterocycles. The molecule has 5 rings (SSSR count). The largest absolute Gasteiger partial charge is 0.443 e. The molecule has 2 fully saturated rings. The Kier molecular flexibility index (Phi) is 3.10. The van der Waals surface area contributed by atoms with E-state index < -0.39 is 5.79 Å². The maximum Gasteiger partial charge on any atom is 0.292 e. The van der Waals surface area contributed by atoms with Crippen LogP contribution in [0.2, 0.25) is 5.02 Å². The standard InChI is InChI=1S/C19H19ClN2O2/c1-19(17-6-5-11(20)10-22-17)23-16-4-2-3-13(18(16)24-19)12-7-8-21-15-9-14(12)15/h2-6,10,12,14-15,21H,7-9H2,1H3/t12-,14-,15-,19-/m0/s1. The molecule has 124 valence electrons. The van der Waals surface area contributed by atoms with E-state index in [1.807, 2.05) is 25.1 Å². The smallest absolute Gasteiger partial charge is 0.292 e. The second-order valence-electron chi connectivity index (χ2n) is 7.04. The van der Waals surface area contributed by atoms with Crippen molar-refractivity contribution in [1.29, 1.82) is 0 Å². The Hall–Kier alpha value is -1.78. The average Bonchev–Trinajstić information content (AvgIpc) is 3.29. The van der Waals surface area contributed by atoms with Crippen molar-refractivity contribution in [3.05, 3.63) is 52.8 Å². The third-order valence-electron chi connectivity index (χ3n) is 5.42. The molecule has 0 amide bonds. The number of nitrogens with one attached hydrogen (secondary N) is 1. The second-order valence-corrected chi connectivity index (χ2v) is 7.48. The highest BCUT2D eigenvalue weighted by molar-refractivity contribution is 6.30. The summed E-state index contributed by atoms with van der Waals surface area (Å²) in [6.45, 7) is 2.99. The van der Waals surface area contributed by atoms with Crippen LogP contribution in [0.5, 0.6) is 11.5 Å². The van der Waals surface area contributed by atoms with Gasteiger partial charge in [0, 0.05) is 24.7 Å². The van der Waals surface area contributed by atoms with Gasteiger partial charge in [-0.25, -0.2) is 0 Å². The highest BCUT2D eigenvalue weighted by Crippen LogP contribution is 2.54. The zero-order valence-corrected chi connectivity index (χ0v) is 14.2. The Bertz CT molecular complexity index is 794. The monoisotopic (exact) mass is 342 g/mol. The fourth-order valence-corrected chi connectivity index (χ4v) is 4.22. The molecule has 5 heteroatoms. The summed E-state index contributed by atoms with van der Waals surface area (Å²) in [7, 11) is 0. The van der Waals surface area contributed by atoms with Crippen LogP contribution in [0.25, 0.3) is 0 Å². The number of aromatic nitrogens is 1. The van der Waals surface area contributed by atoms with Gasteiger partial charge in [-0.15, -0.1) is 0 Å². The summed E-state index contributed by atoms with van der Waals surface area (Å²) in [6.07, 6.45) is 4.04. The lowest BCUT2D eigenvalue weighted by atomic mass is 9.88. The third-order valence-corrected chi connectivity index (χ3v) is 5.65. The molecule has 1 aliphatic carbocycles. The molecule has 2 aromatic rings. The Morgan fingerprint density at radius 2 is 2.17 bits per heavy atom. The van der Waals surface area contributed by atoms with Crippen molar-refractivity contribution in [3.63, 3.8) is 0 Å². The van der Waals surface area contributed by atoms with Gasteiger partial charge in [-0.2, -0.15) is 0 Å². The van der Waals surface area contributed by atoms with E-state index >= 15 is 0 Å². The van der Waals surface area contributed by atoms with Gasteiger partial charge in [-0.1, -0.05) is 23.7 Å². The molecule has 1 saturated carbocycles. The Balaban J connectivity index is 1.50. The normalized spacial score (nSPS) is 33.2. The van der Waals surface area contributed by atoms with Crippen molar-refractivity contribution in [2.75, 3.05) is 6.54 Å². The van der Waals surface area contributed by atoms with Crippen LogP contribution < -0.4 is 14.8 Å². The van der Waals surface area contributed by atoms with Crippen molar-refractivity contribution in [2.24, 2.45) is 5.92 Å². The number of piperidine rings is 1. The van der Waals surface area contributed by atoms with Gasteiger partial charge in [-0.05, 0) is 49.4 Å². The lowest BCUT2D eigenvalue weighted by molar-refractivity contribution is -0.0722. The van der Waals surface area contributed by atoms with Gasteiger partial charge in [-0.3, -0.25) is 4.98 Å². The molecule has 1 aromatic carbocycles. The predicted octanol–water partition coefficient (Wildman–Crippen LogP) is 3.84. The molecule has 1 aromatic heterocycles. The van der Waals surface area contributed by atoms with Gasteiger partial charge >= 0.3 is 0 Å². The first-order valence-corrected chi connectivity index (χ1v) is 8.88. The maximum absolute atomic E-state index is 6.32. The average molecular weight is 343 g/mol. The number of pyridine rings is 1. The summed E-state index contributed by atoms with van der Waals surface area (Å²) in [5.41, 5.74) is 2.00. The quantitative estimate of drug-likeness (QED) is 0.900. The molecule has 0 bridgehead atoms. The number of ether oxygens (including phenoxy) is 2. The van der Waals surface area contributed by atoms with Gasteiger partial charge < -0.3 is 14.8 Å². The number of nitrogens with zero attached hydrogens (tertiary/aromatic N) is 1. The fourth-order valence-electron chi connectivity index (χ4n) is 4.11. The topological polar surface area (TPSA) is 43.4 Å². The SMILES string of the molecule is C[C@]1(c2ccc(Cl)cn2)Oc2cccc([C@@H]3CCN[C@H]4C[C@H]43)c2O1. The van der Waals surface area contributed by atoms with Crippen molar-refractivity contribution in [3.8, 4) is 11.5 Å². The highest BCUT2D eigenvalue weighted by atomic mass is 35.5. The zero-order chi connectivity index (χ0) is 16.3. The van der Waals surface area contributed by atoms with Gasteiger partial charge in [0.05, 0.1) is 5.02 Å². The molecule has 0 radical (unpaired) electrons. The van der Waals surface area contributed by atoms with Crippen LogP contribution in [0.15, 0.2) is 36.5 Å². The number of hydrogen-bond acceptors (Lipinski definition) is 4. The van der Waals surface area contributed by atoms with Crippen LogP contribution in [0, 0.1) is 5.92 Å². The molecular weight excluding hydrogens is 324 g/mol.